The highest BCUT2D eigenvalue weighted by Crippen LogP contribution is 2.21. The molecule has 0 unspecified atom stereocenters. The van der Waals surface area contributed by atoms with E-state index in [2.05, 4.69) is 31.6 Å². The second-order valence-electron chi connectivity index (χ2n) is 8.44. The van der Waals surface area contributed by atoms with Crippen molar-refractivity contribution < 1.29 is 19.2 Å². The van der Waals surface area contributed by atoms with Crippen LogP contribution in [0, 0.1) is 12.8 Å². The molecule has 0 spiro atoms. The van der Waals surface area contributed by atoms with E-state index in [0.29, 0.717) is 23.7 Å². The molecule has 10 nitrogen and oxygen atoms in total. The smallest absolute Gasteiger partial charge is 0.280 e. The minimum absolute atomic E-state index is 0.106. The molecule has 0 bridgehead atoms. The number of hydrogen-bond donors (Lipinski definition) is 5. The Balaban J connectivity index is 1.59. The zero-order chi connectivity index (χ0) is 25.4. The van der Waals surface area contributed by atoms with Crippen LogP contribution in [0.1, 0.15) is 55.6 Å². The van der Waals surface area contributed by atoms with Gasteiger partial charge in [-0.1, -0.05) is 31.2 Å². The molecule has 0 saturated carbocycles. The zero-order valence-corrected chi connectivity index (χ0v) is 21.0. The van der Waals surface area contributed by atoms with Crippen molar-refractivity contribution in [2.24, 2.45) is 5.92 Å². The average molecular weight is 501 g/mol. The summed E-state index contributed by atoms with van der Waals surface area (Å²) < 4.78 is 0. The number of nitrogens with one attached hydrogen (secondary N) is 5. The molecule has 2 heterocycles. The topological polar surface area (TPSA) is 141 Å². The van der Waals surface area contributed by atoms with Crippen LogP contribution in [-0.4, -0.2) is 61.8 Å². The van der Waals surface area contributed by atoms with Crippen molar-refractivity contribution in [2.75, 3.05) is 33.2 Å². The van der Waals surface area contributed by atoms with Crippen LogP contribution >= 0.6 is 11.3 Å². The molecule has 1 aromatic heterocycles. The monoisotopic (exact) mass is 500 g/mol. The maximum absolute atomic E-state index is 12.9. The summed E-state index contributed by atoms with van der Waals surface area (Å²) in [6.45, 7) is 5.67. The van der Waals surface area contributed by atoms with Crippen LogP contribution in [0.25, 0.3) is 0 Å². The van der Waals surface area contributed by atoms with E-state index in [0.717, 1.165) is 35.4 Å². The molecule has 0 saturated heterocycles. The average Bonchev–Trinajstić information content (AvgIpc) is 3.26. The van der Waals surface area contributed by atoms with Crippen LogP contribution in [0.2, 0.25) is 0 Å². The molecule has 4 amide bonds. The van der Waals surface area contributed by atoms with Gasteiger partial charge in [-0.05, 0) is 31.0 Å². The third-order valence-electron chi connectivity index (χ3n) is 5.81. The Labute approximate surface area is 208 Å². The first kappa shape index (κ1) is 26.3. The Bertz CT molecular complexity index is 1090. The quantitative estimate of drug-likeness (QED) is 0.379. The molecule has 35 heavy (non-hydrogen) atoms. The fraction of sp³-hybridized carbons (Fsp3) is 0.458. The van der Waals surface area contributed by atoms with Crippen LogP contribution in [0.15, 0.2) is 24.3 Å². The zero-order valence-electron chi connectivity index (χ0n) is 20.2. The van der Waals surface area contributed by atoms with Crippen molar-refractivity contribution in [1.82, 2.24) is 31.6 Å². The molecule has 1 aliphatic rings. The van der Waals surface area contributed by atoms with E-state index in [1.807, 2.05) is 24.3 Å². The standard InChI is InChI=1S/C24H32N6O4S/c1-14(11-28-22(33)19-15(2)30-24(35-19)23(34)25-3)20(31)29-13-18-17-8-5-4-7-16(17)12-26-9-6-10-27-21(18)32/h4-5,7-8,14,18,26H,6,9-13H2,1-3H3,(H,25,34)(H,27,32)(H,28,33)(H,29,31)/t14-,18+/m1/s1. The minimum atomic E-state index is -0.523. The second-order valence-corrected chi connectivity index (χ2v) is 9.44. The van der Waals surface area contributed by atoms with Gasteiger partial charge < -0.3 is 26.6 Å². The van der Waals surface area contributed by atoms with E-state index in [4.69, 9.17) is 0 Å². The Morgan fingerprint density at radius 1 is 1.17 bits per heavy atom. The van der Waals surface area contributed by atoms with Crippen molar-refractivity contribution in [3.05, 3.63) is 51.0 Å². The number of benzene rings is 1. The number of rotatable bonds is 7. The van der Waals surface area contributed by atoms with Crippen LogP contribution in [0.5, 0.6) is 0 Å². The SMILES string of the molecule is CNC(=O)c1nc(C)c(C(=O)NC[C@@H](C)C(=O)NC[C@@H]2C(=O)NCCCNCc3ccccc32)s1. The number of aromatic nitrogens is 1. The number of carbonyl (C=O) groups is 4. The van der Waals surface area contributed by atoms with Crippen LogP contribution in [0.3, 0.4) is 0 Å². The van der Waals surface area contributed by atoms with Crippen molar-refractivity contribution in [3.63, 3.8) is 0 Å². The molecule has 2 aromatic rings. The van der Waals surface area contributed by atoms with Crippen molar-refractivity contribution in [2.45, 2.75) is 32.7 Å². The van der Waals surface area contributed by atoms with E-state index >= 15 is 0 Å². The molecule has 0 fully saturated rings. The van der Waals surface area contributed by atoms with Crippen molar-refractivity contribution >= 4 is 35.0 Å². The number of carbonyl (C=O) groups excluding carboxylic acids is 4. The third kappa shape index (κ3) is 6.86. The second kappa shape index (κ2) is 12.4. The number of fused-ring (bicyclic) bond motifs is 1. The number of nitrogens with zero attached hydrogens (tertiary/aromatic N) is 1. The number of amides is 4. The fourth-order valence-electron chi connectivity index (χ4n) is 3.76. The van der Waals surface area contributed by atoms with Crippen LogP contribution in [0.4, 0.5) is 0 Å². The normalized spacial score (nSPS) is 16.9. The molecule has 11 heteroatoms. The first-order valence-corrected chi connectivity index (χ1v) is 12.4. The summed E-state index contributed by atoms with van der Waals surface area (Å²) in [7, 11) is 1.50. The van der Waals surface area contributed by atoms with E-state index in [-0.39, 0.29) is 41.7 Å². The minimum Gasteiger partial charge on any atom is -0.355 e. The molecule has 1 aromatic carbocycles. The van der Waals surface area contributed by atoms with Crippen LogP contribution < -0.4 is 26.6 Å². The maximum Gasteiger partial charge on any atom is 0.280 e. The van der Waals surface area contributed by atoms with Gasteiger partial charge in [0.2, 0.25) is 11.8 Å². The third-order valence-corrected chi connectivity index (χ3v) is 6.97. The predicted octanol–water partition coefficient (Wildman–Crippen LogP) is 0.687. The lowest BCUT2D eigenvalue weighted by Gasteiger charge is -2.23. The van der Waals surface area contributed by atoms with E-state index in [1.54, 1.807) is 13.8 Å². The first-order valence-electron chi connectivity index (χ1n) is 11.6. The molecule has 188 valence electrons. The Morgan fingerprint density at radius 2 is 1.94 bits per heavy atom. The highest BCUT2D eigenvalue weighted by atomic mass is 32.1. The summed E-state index contributed by atoms with van der Waals surface area (Å²) in [5.74, 6) is -2.16. The fourth-order valence-corrected chi connectivity index (χ4v) is 4.69. The van der Waals surface area contributed by atoms with Crippen molar-refractivity contribution in [1.29, 1.82) is 0 Å². The van der Waals surface area contributed by atoms with Gasteiger partial charge in [0, 0.05) is 33.2 Å². The summed E-state index contributed by atoms with van der Waals surface area (Å²) >= 11 is 1.00. The summed E-state index contributed by atoms with van der Waals surface area (Å²) in [6, 6.07) is 7.74. The van der Waals surface area contributed by atoms with Gasteiger partial charge in [0.15, 0.2) is 5.01 Å². The lowest BCUT2D eigenvalue weighted by molar-refractivity contribution is -0.125. The molecule has 2 atom stereocenters. The number of thiazole rings is 1. The molecule has 5 N–H and O–H groups in total. The first-order chi connectivity index (χ1) is 16.8. The van der Waals surface area contributed by atoms with E-state index in [9.17, 15) is 19.2 Å². The van der Waals surface area contributed by atoms with E-state index in [1.165, 1.54) is 7.05 Å². The van der Waals surface area contributed by atoms with Gasteiger partial charge >= 0.3 is 0 Å². The largest absolute Gasteiger partial charge is 0.355 e. The lowest BCUT2D eigenvalue weighted by atomic mass is 9.92. The number of hydrogen-bond acceptors (Lipinski definition) is 7. The van der Waals surface area contributed by atoms with Gasteiger partial charge in [0.1, 0.15) is 4.88 Å². The Kier molecular flexibility index (Phi) is 9.32. The maximum atomic E-state index is 12.9. The van der Waals surface area contributed by atoms with Gasteiger partial charge in [-0.15, -0.1) is 11.3 Å². The molecule has 3 rings (SSSR count). The molecular weight excluding hydrogens is 468 g/mol. The van der Waals surface area contributed by atoms with E-state index < -0.39 is 11.8 Å². The van der Waals surface area contributed by atoms with Gasteiger partial charge in [0.25, 0.3) is 11.8 Å². The molecule has 1 aliphatic heterocycles. The summed E-state index contributed by atoms with van der Waals surface area (Å²) in [5.41, 5.74) is 2.37. The highest BCUT2D eigenvalue weighted by Gasteiger charge is 2.26. The van der Waals surface area contributed by atoms with Gasteiger partial charge in [-0.3, -0.25) is 19.2 Å². The molecular formula is C24H32N6O4S. The summed E-state index contributed by atoms with van der Waals surface area (Å²) in [6.07, 6.45) is 0.827. The van der Waals surface area contributed by atoms with Crippen molar-refractivity contribution in [3.8, 4) is 0 Å². The summed E-state index contributed by atoms with van der Waals surface area (Å²) in [5, 5.41) is 14.6. The Hall–Kier alpha value is -3.31. The Morgan fingerprint density at radius 3 is 2.71 bits per heavy atom. The highest BCUT2D eigenvalue weighted by molar-refractivity contribution is 7.15. The number of aryl methyl sites for hydroxylation is 1. The summed E-state index contributed by atoms with van der Waals surface area (Å²) in [4.78, 5) is 54.4. The van der Waals surface area contributed by atoms with Gasteiger partial charge in [-0.25, -0.2) is 4.98 Å². The molecule has 0 radical (unpaired) electrons. The van der Waals surface area contributed by atoms with Gasteiger partial charge in [0.05, 0.1) is 17.5 Å². The lowest BCUT2D eigenvalue weighted by Crippen LogP contribution is -2.42. The molecule has 0 aliphatic carbocycles. The van der Waals surface area contributed by atoms with Crippen LogP contribution in [-0.2, 0) is 16.1 Å². The van der Waals surface area contributed by atoms with Gasteiger partial charge in [-0.2, -0.15) is 0 Å². The predicted molar refractivity (Wildman–Crippen MR) is 133 cm³/mol.